The Balaban J connectivity index is 2.13. The second-order valence-corrected chi connectivity index (χ2v) is 10.9. The van der Waals surface area contributed by atoms with E-state index in [1.807, 2.05) is 12.1 Å². The zero-order chi connectivity index (χ0) is 28.7. The summed E-state index contributed by atoms with van der Waals surface area (Å²) in [5.74, 6) is -1.47. The van der Waals surface area contributed by atoms with Crippen molar-refractivity contribution in [1.29, 1.82) is 0 Å². The average molecular weight is 543 g/mol. The van der Waals surface area contributed by atoms with Gasteiger partial charge in [0, 0.05) is 17.5 Å². The summed E-state index contributed by atoms with van der Waals surface area (Å²) in [5.41, 5.74) is 3.00. The molecule has 7 heteroatoms. The number of nitrogens with zero attached hydrogens (tertiary/aromatic N) is 2. The molecule has 0 bridgehead atoms. The first kappa shape index (κ1) is 32.5. The van der Waals surface area contributed by atoms with Crippen LogP contribution < -0.4 is 0 Å². The number of ether oxygens (including phenoxy) is 2. The fraction of sp³-hybridized carbons (Fsp3) is 0.688. The third-order valence-electron chi connectivity index (χ3n) is 7.86. The van der Waals surface area contributed by atoms with E-state index in [4.69, 9.17) is 14.5 Å². The number of hydrogen-bond donors (Lipinski definition) is 1. The Bertz CT molecular complexity index is 979. The maximum atomic E-state index is 13.3. The molecule has 1 unspecified atom stereocenters. The Kier molecular flexibility index (Phi) is 14.2. The predicted molar refractivity (Wildman–Crippen MR) is 157 cm³/mol. The van der Waals surface area contributed by atoms with Crippen LogP contribution in [0.3, 0.4) is 0 Å². The smallest absolute Gasteiger partial charge is 0.363 e. The van der Waals surface area contributed by atoms with Gasteiger partial charge >= 0.3 is 11.9 Å². The molecule has 0 amide bonds. The fourth-order valence-electron chi connectivity index (χ4n) is 6.02. The average Bonchev–Trinajstić information content (AvgIpc) is 2.93. The molecule has 0 aliphatic carbocycles. The number of carbonyl (C=O) groups excluding carboxylic acids is 2. The van der Waals surface area contributed by atoms with Crippen molar-refractivity contribution in [2.75, 3.05) is 13.7 Å². The van der Waals surface area contributed by atoms with E-state index in [2.05, 4.69) is 38.9 Å². The highest BCUT2D eigenvalue weighted by Crippen LogP contribution is 2.41. The summed E-state index contributed by atoms with van der Waals surface area (Å²) in [6.07, 6.45) is 13.6. The minimum atomic E-state index is -1.05. The quantitative estimate of drug-likeness (QED) is 0.0682. The number of methoxy groups -OCH3 is 1. The lowest BCUT2D eigenvalue weighted by molar-refractivity contribution is -0.162. The van der Waals surface area contributed by atoms with Crippen molar-refractivity contribution in [3.63, 3.8) is 0 Å². The molecule has 1 heterocycles. The van der Waals surface area contributed by atoms with Gasteiger partial charge in [0.25, 0.3) is 0 Å². The number of esters is 2. The fourth-order valence-corrected chi connectivity index (χ4v) is 6.02. The highest BCUT2D eigenvalue weighted by Gasteiger charge is 2.40. The molecule has 0 aromatic heterocycles. The summed E-state index contributed by atoms with van der Waals surface area (Å²) in [6.45, 7) is 9.15. The number of rotatable bonds is 18. The number of unbranched alkanes of at least 4 members (excludes halogenated alkanes) is 8. The van der Waals surface area contributed by atoms with E-state index in [0.29, 0.717) is 18.7 Å². The molecule has 0 saturated heterocycles. The van der Waals surface area contributed by atoms with Gasteiger partial charge in [-0.2, -0.15) is 0 Å². The maximum absolute atomic E-state index is 13.3. The van der Waals surface area contributed by atoms with Crippen molar-refractivity contribution >= 4 is 23.4 Å². The van der Waals surface area contributed by atoms with Gasteiger partial charge in [-0.3, -0.25) is 4.99 Å². The normalized spacial score (nSPS) is 15.3. The van der Waals surface area contributed by atoms with Gasteiger partial charge in [0.2, 0.25) is 5.71 Å². The van der Waals surface area contributed by atoms with Gasteiger partial charge in [-0.1, -0.05) is 108 Å². The van der Waals surface area contributed by atoms with Crippen molar-refractivity contribution in [1.82, 2.24) is 0 Å². The standard InChI is InChI=1S/C32H50N2O5/c1-6-9-10-11-12-13-14-15-16-20-26(30(35)38-5)39-31(36)29(34-37)28-25-19-17-18-24(4)27(25)32(21-7-2,22-8-3)23-33-28/h17-19,26,37H,6-16,20-23H2,1-5H3/b34-29+. The van der Waals surface area contributed by atoms with Gasteiger partial charge in [-0.25, -0.2) is 9.59 Å². The van der Waals surface area contributed by atoms with Crippen LogP contribution in [0.15, 0.2) is 28.3 Å². The van der Waals surface area contributed by atoms with Gasteiger partial charge in [0.15, 0.2) is 6.10 Å². The first-order valence-electron chi connectivity index (χ1n) is 15.0. The van der Waals surface area contributed by atoms with Gasteiger partial charge in [-0.15, -0.1) is 0 Å². The van der Waals surface area contributed by atoms with Crippen LogP contribution in [-0.4, -0.2) is 48.3 Å². The molecule has 7 nitrogen and oxygen atoms in total. The van der Waals surface area contributed by atoms with E-state index < -0.39 is 18.0 Å². The molecule has 218 valence electrons. The molecular formula is C32H50N2O5. The third-order valence-corrected chi connectivity index (χ3v) is 7.86. The second kappa shape index (κ2) is 17.1. The van der Waals surface area contributed by atoms with Crippen LogP contribution >= 0.6 is 0 Å². The number of fused-ring (bicyclic) bond motifs is 1. The van der Waals surface area contributed by atoms with Crippen LogP contribution in [-0.2, 0) is 24.5 Å². The van der Waals surface area contributed by atoms with Crippen LogP contribution in [0.1, 0.15) is 127 Å². The lowest BCUT2D eigenvalue weighted by Gasteiger charge is -2.39. The molecule has 2 rings (SSSR count). The van der Waals surface area contributed by atoms with Crippen LogP contribution in [0, 0.1) is 6.92 Å². The zero-order valence-electron chi connectivity index (χ0n) is 24.9. The summed E-state index contributed by atoms with van der Waals surface area (Å²) in [6, 6.07) is 5.94. The Morgan fingerprint density at radius 2 is 1.59 bits per heavy atom. The molecule has 0 radical (unpaired) electrons. The molecule has 39 heavy (non-hydrogen) atoms. The van der Waals surface area contributed by atoms with Gasteiger partial charge in [0.05, 0.1) is 7.11 Å². The van der Waals surface area contributed by atoms with Crippen molar-refractivity contribution < 1.29 is 24.3 Å². The zero-order valence-corrected chi connectivity index (χ0v) is 24.9. The van der Waals surface area contributed by atoms with Gasteiger partial charge in [0.1, 0.15) is 5.71 Å². The molecule has 0 spiro atoms. The summed E-state index contributed by atoms with van der Waals surface area (Å²) < 4.78 is 10.5. The number of aliphatic imine (C=N–C) groups is 1. The van der Waals surface area contributed by atoms with Crippen LogP contribution in [0.4, 0.5) is 0 Å². The number of carbonyl (C=O) groups is 2. The first-order valence-corrected chi connectivity index (χ1v) is 15.0. The Morgan fingerprint density at radius 1 is 0.974 bits per heavy atom. The molecule has 0 fully saturated rings. The predicted octanol–water partition coefficient (Wildman–Crippen LogP) is 7.47. The molecular weight excluding hydrogens is 492 g/mol. The third kappa shape index (κ3) is 8.91. The van der Waals surface area contributed by atoms with E-state index in [1.165, 1.54) is 45.6 Å². The van der Waals surface area contributed by atoms with E-state index >= 15 is 0 Å². The minimum absolute atomic E-state index is 0.122. The number of benzene rings is 1. The van der Waals surface area contributed by atoms with Crippen molar-refractivity contribution in [2.24, 2.45) is 10.1 Å². The summed E-state index contributed by atoms with van der Waals surface area (Å²) in [5, 5.41) is 13.3. The Morgan fingerprint density at radius 3 is 2.15 bits per heavy atom. The molecule has 1 aromatic rings. The molecule has 1 aliphatic rings. The SMILES string of the molecule is CCCCCCCCCCCC(OC(=O)/C(=N/O)C1=NCC(CCC)(CCC)c2c(C)cccc21)C(=O)OC. The monoisotopic (exact) mass is 542 g/mol. The second-order valence-electron chi connectivity index (χ2n) is 10.9. The Hall–Kier alpha value is -2.70. The van der Waals surface area contributed by atoms with Crippen molar-refractivity contribution in [2.45, 2.75) is 129 Å². The molecule has 1 aromatic carbocycles. The molecule has 0 saturated carbocycles. The molecule has 1 atom stereocenters. The highest BCUT2D eigenvalue weighted by molar-refractivity contribution is 6.69. The van der Waals surface area contributed by atoms with Crippen LogP contribution in [0.5, 0.6) is 0 Å². The lowest BCUT2D eigenvalue weighted by atomic mass is 9.68. The maximum Gasteiger partial charge on any atom is 0.363 e. The summed E-state index contributed by atoms with van der Waals surface area (Å²) in [4.78, 5) is 30.5. The first-order chi connectivity index (χ1) is 18.9. The van der Waals surface area contributed by atoms with Crippen molar-refractivity contribution in [3.8, 4) is 0 Å². The van der Waals surface area contributed by atoms with Crippen LogP contribution in [0.25, 0.3) is 0 Å². The topological polar surface area (TPSA) is 97.5 Å². The van der Waals surface area contributed by atoms with Gasteiger partial charge < -0.3 is 14.7 Å². The van der Waals surface area contributed by atoms with Crippen molar-refractivity contribution in [3.05, 3.63) is 34.9 Å². The van der Waals surface area contributed by atoms with Crippen LogP contribution in [0.2, 0.25) is 0 Å². The van der Waals surface area contributed by atoms with E-state index in [9.17, 15) is 14.8 Å². The lowest BCUT2D eigenvalue weighted by Crippen LogP contribution is -2.41. The summed E-state index contributed by atoms with van der Waals surface area (Å²) >= 11 is 0. The number of hydrogen-bond acceptors (Lipinski definition) is 7. The van der Waals surface area contributed by atoms with E-state index in [-0.39, 0.29) is 11.1 Å². The minimum Gasteiger partial charge on any atom is -0.466 e. The Labute approximate surface area is 235 Å². The highest BCUT2D eigenvalue weighted by atomic mass is 16.6. The number of aryl methyl sites for hydroxylation is 1. The summed E-state index contributed by atoms with van der Waals surface area (Å²) in [7, 11) is 1.28. The van der Waals surface area contributed by atoms with E-state index in [1.54, 1.807) is 0 Å². The van der Waals surface area contributed by atoms with E-state index in [0.717, 1.165) is 61.6 Å². The molecule has 1 N–H and O–H groups in total. The van der Waals surface area contributed by atoms with Gasteiger partial charge in [-0.05, 0) is 43.7 Å². The molecule has 1 aliphatic heterocycles. The largest absolute Gasteiger partial charge is 0.466 e. The number of oxime groups is 1.